The Balaban J connectivity index is 2.31. The Morgan fingerprint density at radius 3 is 1.90 bits per heavy atom. The molecule has 0 saturated heterocycles. The third-order valence-corrected chi connectivity index (χ3v) is 3.80. The summed E-state index contributed by atoms with van der Waals surface area (Å²) in [5.41, 5.74) is 4.07. The van der Waals surface area contributed by atoms with Crippen LogP contribution in [-0.4, -0.2) is 11.7 Å². The largest absolute Gasteiger partial charge is 0.396 e. The molecule has 1 heteroatoms. The third kappa shape index (κ3) is 3.49. The van der Waals surface area contributed by atoms with Crippen LogP contribution in [0.2, 0.25) is 0 Å². The fourth-order valence-corrected chi connectivity index (χ4v) is 2.56. The molecule has 2 rings (SSSR count). The number of hydrogen-bond donors (Lipinski definition) is 1. The first-order valence-corrected chi connectivity index (χ1v) is 7.28. The van der Waals surface area contributed by atoms with Gasteiger partial charge in [0.2, 0.25) is 0 Å². The molecule has 0 spiro atoms. The van der Waals surface area contributed by atoms with Crippen molar-refractivity contribution >= 4 is 0 Å². The molecule has 0 radical (unpaired) electrons. The van der Waals surface area contributed by atoms with E-state index in [1.807, 2.05) is 6.07 Å². The van der Waals surface area contributed by atoms with Gasteiger partial charge in [-0.15, -0.1) is 0 Å². The topological polar surface area (TPSA) is 20.2 Å². The number of benzene rings is 2. The van der Waals surface area contributed by atoms with Crippen LogP contribution in [0.25, 0.3) is 0 Å². The zero-order chi connectivity index (χ0) is 14.6. The van der Waals surface area contributed by atoms with Gasteiger partial charge in [0.15, 0.2) is 0 Å². The summed E-state index contributed by atoms with van der Waals surface area (Å²) in [5, 5.41) is 9.34. The first kappa shape index (κ1) is 14.8. The van der Waals surface area contributed by atoms with Crippen molar-refractivity contribution in [3.8, 4) is 0 Å². The highest BCUT2D eigenvalue weighted by Crippen LogP contribution is 2.30. The Hall–Kier alpha value is -1.60. The second kappa shape index (κ2) is 6.23. The van der Waals surface area contributed by atoms with Crippen LogP contribution >= 0.6 is 0 Å². The summed E-state index contributed by atoms with van der Waals surface area (Å²) in [6.07, 6.45) is 0.763. The van der Waals surface area contributed by atoms with Crippen LogP contribution in [0.5, 0.6) is 0 Å². The predicted molar refractivity (Wildman–Crippen MR) is 85.1 cm³/mol. The molecule has 0 aromatic heterocycles. The van der Waals surface area contributed by atoms with Crippen LogP contribution < -0.4 is 0 Å². The average Bonchev–Trinajstić information content (AvgIpc) is 2.45. The van der Waals surface area contributed by atoms with Gasteiger partial charge < -0.3 is 5.11 Å². The quantitative estimate of drug-likeness (QED) is 0.865. The standard InChI is InChI=1S/C19H24O/c1-19(2,3)17-11-9-16(10-12-17)18(13-14-20)15-7-5-4-6-8-15/h4-12,18,20H,13-14H2,1-3H3. The van der Waals surface area contributed by atoms with Crippen LogP contribution in [0.3, 0.4) is 0 Å². The first-order chi connectivity index (χ1) is 9.52. The molecule has 0 bridgehead atoms. The van der Waals surface area contributed by atoms with E-state index in [0.29, 0.717) is 0 Å². The van der Waals surface area contributed by atoms with E-state index in [1.165, 1.54) is 16.7 Å². The van der Waals surface area contributed by atoms with Crippen LogP contribution in [-0.2, 0) is 5.41 Å². The molecule has 0 aliphatic rings. The molecule has 1 unspecified atom stereocenters. The molecule has 1 nitrogen and oxygen atoms in total. The van der Waals surface area contributed by atoms with Crippen LogP contribution in [0, 0.1) is 0 Å². The predicted octanol–water partition coefficient (Wildman–Crippen LogP) is 4.50. The Kier molecular flexibility index (Phi) is 4.61. The number of rotatable bonds is 4. The monoisotopic (exact) mass is 268 g/mol. The molecule has 2 aromatic rings. The molecule has 0 heterocycles. The molecule has 0 aliphatic carbocycles. The molecular weight excluding hydrogens is 244 g/mol. The van der Waals surface area contributed by atoms with E-state index in [9.17, 15) is 5.11 Å². The lowest BCUT2D eigenvalue weighted by molar-refractivity contribution is 0.281. The van der Waals surface area contributed by atoms with Gasteiger partial charge in [0, 0.05) is 12.5 Å². The summed E-state index contributed by atoms with van der Waals surface area (Å²) in [6, 6.07) is 19.2. The van der Waals surface area contributed by atoms with Crippen molar-refractivity contribution in [3.63, 3.8) is 0 Å². The maximum absolute atomic E-state index is 9.34. The highest BCUT2D eigenvalue weighted by Gasteiger charge is 2.16. The summed E-state index contributed by atoms with van der Waals surface area (Å²) in [6.45, 7) is 6.89. The van der Waals surface area contributed by atoms with E-state index in [0.717, 1.165) is 6.42 Å². The molecule has 20 heavy (non-hydrogen) atoms. The smallest absolute Gasteiger partial charge is 0.0440 e. The number of aliphatic hydroxyl groups is 1. The van der Waals surface area contributed by atoms with E-state index < -0.39 is 0 Å². The zero-order valence-corrected chi connectivity index (χ0v) is 12.6. The van der Waals surface area contributed by atoms with Crippen molar-refractivity contribution in [3.05, 3.63) is 71.3 Å². The zero-order valence-electron chi connectivity index (χ0n) is 12.6. The molecule has 106 valence electrons. The lowest BCUT2D eigenvalue weighted by Gasteiger charge is -2.21. The van der Waals surface area contributed by atoms with Crippen molar-refractivity contribution in [2.24, 2.45) is 0 Å². The van der Waals surface area contributed by atoms with E-state index >= 15 is 0 Å². The van der Waals surface area contributed by atoms with Crippen LogP contribution in [0.4, 0.5) is 0 Å². The summed E-state index contributed by atoms with van der Waals surface area (Å²) in [4.78, 5) is 0. The second-order valence-electron chi connectivity index (χ2n) is 6.35. The van der Waals surface area contributed by atoms with E-state index in [4.69, 9.17) is 0 Å². The van der Waals surface area contributed by atoms with Gasteiger partial charge in [-0.05, 0) is 28.5 Å². The summed E-state index contributed by atoms with van der Waals surface area (Å²) >= 11 is 0. The van der Waals surface area contributed by atoms with E-state index in [2.05, 4.69) is 69.3 Å². The molecular formula is C19H24O. The Morgan fingerprint density at radius 2 is 1.40 bits per heavy atom. The third-order valence-electron chi connectivity index (χ3n) is 3.80. The Morgan fingerprint density at radius 1 is 0.850 bits per heavy atom. The van der Waals surface area contributed by atoms with Gasteiger partial charge in [-0.3, -0.25) is 0 Å². The van der Waals surface area contributed by atoms with Gasteiger partial charge >= 0.3 is 0 Å². The average molecular weight is 268 g/mol. The van der Waals surface area contributed by atoms with Gasteiger partial charge in [0.1, 0.15) is 0 Å². The molecule has 0 amide bonds. The lowest BCUT2D eigenvalue weighted by atomic mass is 9.83. The molecule has 1 N–H and O–H groups in total. The molecule has 0 fully saturated rings. The van der Waals surface area contributed by atoms with Gasteiger partial charge in [-0.2, -0.15) is 0 Å². The minimum Gasteiger partial charge on any atom is -0.396 e. The summed E-state index contributed by atoms with van der Waals surface area (Å²) in [5.74, 6) is 0.273. The van der Waals surface area contributed by atoms with Crippen molar-refractivity contribution < 1.29 is 5.11 Å². The second-order valence-corrected chi connectivity index (χ2v) is 6.35. The fourth-order valence-electron chi connectivity index (χ4n) is 2.56. The Labute approximate surface area is 122 Å². The van der Waals surface area contributed by atoms with Gasteiger partial charge in [-0.25, -0.2) is 0 Å². The molecule has 2 aromatic carbocycles. The summed E-state index contributed by atoms with van der Waals surface area (Å²) < 4.78 is 0. The summed E-state index contributed by atoms with van der Waals surface area (Å²) in [7, 11) is 0. The highest BCUT2D eigenvalue weighted by molar-refractivity contribution is 5.35. The minimum atomic E-state index is 0.178. The van der Waals surface area contributed by atoms with E-state index in [1.54, 1.807) is 0 Å². The maximum atomic E-state index is 9.34. The lowest BCUT2D eigenvalue weighted by Crippen LogP contribution is -2.11. The van der Waals surface area contributed by atoms with Gasteiger partial charge in [-0.1, -0.05) is 75.4 Å². The fraction of sp³-hybridized carbons (Fsp3) is 0.368. The Bertz CT molecular complexity index is 520. The highest BCUT2D eigenvalue weighted by atomic mass is 16.3. The normalized spacial score (nSPS) is 13.2. The number of aliphatic hydroxyl groups excluding tert-OH is 1. The van der Waals surface area contributed by atoms with E-state index in [-0.39, 0.29) is 17.9 Å². The van der Waals surface area contributed by atoms with Crippen LogP contribution in [0.15, 0.2) is 54.6 Å². The molecule has 0 saturated carbocycles. The first-order valence-electron chi connectivity index (χ1n) is 7.28. The van der Waals surface area contributed by atoms with Crippen LogP contribution in [0.1, 0.15) is 49.8 Å². The van der Waals surface area contributed by atoms with Gasteiger partial charge in [0.05, 0.1) is 0 Å². The SMILES string of the molecule is CC(C)(C)c1ccc(C(CCO)c2ccccc2)cc1. The number of hydrogen-bond acceptors (Lipinski definition) is 1. The maximum Gasteiger partial charge on any atom is 0.0440 e. The van der Waals surface area contributed by atoms with Gasteiger partial charge in [0.25, 0.3) is 0 Å². The van der Waals surface area contributed by atoms with Crippen molar-refractivity contribution in [1.82, 2.24) is 0 Å². The van der Waals surface area contributed by atoms with Crippen molar-refractivity contribution in [2.45, 2.75) is 38.5 Å². The molecule has 0 aliphatic heterocycles. The van der Waals surface area contributed by atoms with Crippen molar-refractivity contribution in [1.29, 1.82) is 0 Å². The minimum absolute atomic E-state index is 0.178. The molecule has 1 atom stereocenters. The van der Waals surface area contributed by atoms with Crippen molar-refractivity contribution in [2.75, 3.05) is 6.61 Å².